The van der Waals surface area contributed by atoms with Crippen LogP contribution in [0.1, 0.15) is 18.1 Å². The third-order valence-electron chi connectivity index (χ3n) is 2.25. The van der Waals surface area contributed by atoms with Crippen LogP contribution in [-0.4, -0.2) is 18.0 Å². The second kappa shape index (κ2) is 6.02. The Morgan fingerprint density at radius 2 is 2.25 bits per heavy atom. The summed E-state index contributed by atoms with van der Waals surface area (Å²) >= 11 is 0. The molecule has 0 aliphatic rings. The maximum Gasteiger partial charge on any atom is 0.272 e. The van der Waals surface area contributed by atoms with Gasteiger partial charge in [-0.05, 0) is 19.0 Å². The van der Waals surface area contributed by atoms with E-state index in [0.717, 1.165) is 18.7 Å². The molecule has 0 aromatic heterocycles. The third-order valence-corrected chi connectivity index (χ3v) is 2.25. The molecule has 0 saturated heterocycles. The Bertz CT molecular complexity index is 400. The zero-order valence-electron chi connectivity index (χ0n) is 9.56. The van der Waals surface area contributed by atoms with Crippen LogP contribution in [0.4, 0.5) is 5.69 Å². The van der Waals surface area contributed by atoms with E-state index in [0.29, 0.717) is 5.56 Å². The van der Waals surface area contributed by atoms with Crippen LogP contribution in [0.5, 0.6) is 0 Å². The van der Waals surface area contributed by atoms with Crippen LogP contribution in [-0.2, 0) is 0 Å². The molecule has 1 rings (SSSR count). The molecule has 0 bridgehead atoms. The second-order valence-electron chi connectivity index (χ2n) is 3.51. The van der Waals surface area contributed by atoms with Crippen LogP contribution in [0.15, 0.2) is 24.3 Å². The molecule has 1 aromatic carbocycles. The van der Waals surface area contributed by atoms with Gasteiger partial charge in [0.25, 0.3) is 5.69 Å². The second-order valence-corrected chi connectivity index (χ2v) is 3.51. The van der Waals surface area contributed by atoms with Crippen molar-refractivity contribution in [3.05, 3.63) is 45.5 Å². The molecular weight excluding hydrogens is 204 g/mol. The minimum absolute atomic E-state index is 0.172. The topological polar surface area (TPSA) is 55.2 Å². The third kappa shape index (κ3) is 3.47. The van der Waals surface area contributed by atoms with E-state index in [1.54, 1.807) is 19.1 Å². The first-order chi connectivity index (χ1) is 7.65. The molecule has 0 fully saturated rings. The quantitative estimate of drug-likeness (QED) is 0.471. The van der Waals surface area contributed by atoms with Crippen molar-refractivity contribution in [1.82, 2.24) is 5.32 Å². The SMILES string of the molecule is CCNCC=Cc1ccc(C)c([N+](=O)[O-])c1. The van der Waals surface area contributed by atoms with Gasteiger partial charge in [0, 0.05) is 18.2 Å². The number of nitrogens with zero attached hydrogens (tertiary/aromatic N) is 1. The number of nitrogens with one attached hydrogen (secondary N) is 1. The average molecular weight is 220 g/mol. The van der Waals surface area contributed by atoms with Gasteiger partial charge in [-0.3, -0.25) is 10.1 Å². The number of nitro benzene ring substituents is 1. The monoisotopic (exact) mass is 220 g/mol. The fourth-order valence-electron chi connectivity index (χ4n) is 1.35. The van der Waals surface area contributed by atoms with Crippen LogP contribution in [0.2, 0.25) is 0 Å². The van der Waals surface area contributed by atoms with Crippen molar-refractivity contribution in [2.45, 2.75) is 13.8 Å². The molecule has 86 valence electrons. The van der Waals surface area contributed by atoms with Crippen molar-refractivity contribution in [2.75, 3.05) is 13.1 Å². The lowest BCUT2D eigenvalue weighted by Crippen LogP contribution is -2.11. The molecule has 0 heterocycles. The van der Waals surface area contributed by atoms with Gasteiger partial charge >= 0.3 is 0 Å². The van der Waals surface area contributed by atoms with E-state index in [-0.39, 0.29) is 10.6 Å². The number of aryl methyl sites for hydroxylation is 1. The van der Waals surface area contributed by atoms with Crippen LogP contribution in [0, 0.1) is 17.0 Å². The van der Waals surface area contributed by atoms with Gasteiger partial charge in [-0.1, -0.05) is 31.2 Å². The summed E-state index contributed by atoms with van der Waals surface area (Å²) in [7, 11) is 0. The Morgan fingerprint density at radius 1 is 1.50 bits per heavy atom. The molecule has 0 radical (unpaired) electrons. The van der Waals surface area contributed by atoms with Crippen molar-refractivity contribution in [3.8, 4) is 0 Å². The molecule has 0 aliphatic heterocycles. The Kier molecular flexibility index (Phi) is 4.66. The zero-order chi connectivity index (χ0) is 12.0. The van der Waals surface area contributed by atoms with Crippen molar-refractivity contribution in [3.63, 3.8) is 0 Å². The molecule has 0 unspecified atom stereocenters. The summed E-state index contributed by atoms with van der Waals surface area (Å²) in [6, 6.07) is 5.24. The first-order valence-corrected chi connectivity index (χ1v) is 5.27. The van der Waals surface area contributed by atoms with Gasteiger partial charge in [0.15, 0.2) is 0 Å². The van der Waals surface area contributed by atoms with Gasteiger partial charge < -0.3 is 5.32 Å². The van der Waals surface area contributed by atoms with Gasteiger partial charge in [0.2, 0.25) is 0 Å². The summed E-state index contributed by atoms with van der Waals surface area (Å²) in [5.74, 6) is 0. The molecule has 1 aromatic rings. The Hall–Kier alpha value is -1.68. The maximum atomic E-state index is 10.7. The summed E-state index contributed by atoms with van der Waals surface area (Å²) in [5.41, 5.74) is 1.72. The van der Waals surface area contributed by atoms with Crippen molar-refractivity contribution in [2.24, 2.45) is 0 Å². The standard InChI is InChI=1S/C12H16N2O2/c1-3-13-8-4-5-11-7-6-10(2)12(9-11)14(15)16/h4-7,9,13H,3,8H2,1-2H3. The van der Waals surface area contributed by atoms with Crippen LogP contribution < -0.4 is 5.32 Å². The number of hydrogen-bond donors (Lipinski definition) is 1. The number of rotatable bonds is 5. The van der Waals surface area contributed by atoms with E-state index >= 15 is 0 Å². The number of nitro groups is 1. The smallest absolute Gasteiger partial charge is 0.272 e. The zero-order valence-corrected chi connectivity index (χ0v) is 9.56. The first-order valence-electron chi connectivity index (χ1n) is 5.27. The molecule has 1 N–H and O–H groups in total. The van der Waals surface area contributed by atoms with Crippen molar-refractivity contribution >= 4 is 11.8 Å². The molecule has 0 aliphatic carbocycles. The van der Waals surface area contributed by atoms with Crippen LogP contribution in [0.3, 0.4) is 0 Å². The van der Waals surface area contributed by atoms with Gasteiger partial charge in [0.05, 0.1) is 4.92 Å². The Balaban J connectivity index is 2.78. The Labute approximate surface area is 95.1 Å². The normalized spacial score (nSPS) is 10.9. The molecule has 0 spiro atoms. The molecular formula is C12H16N2O2. The highest BCUT2D eigenvalue weighted by molar-refractivity contribution is 5.56. The molecule has 4 heteroatoms. The van der Waals surface area contributed by atoms with E-state index in [2.05, 4.69) is 5.32 Å². The molecule has 0 amide bonds. The maximum absolute atomic E-state index is 10.7. The summed E-state index contributed by atoms with van der Waals surface area (Å²) < 4.78 is 0. The van der Waals surface area contributed by atoms with Crippen molar-refractivity contribution < 1.29 is 4.92 Å². The lowest BCUT2D eigenvalue weighted by atomic mass is 10.1. The molecule has 16 heavy (non-hydrogen) atoms. The van der Waals surface area contributed by atoms with E-state index in [1.165, 1.54) is 0 Å². The lowest BCUT2D eigenvalue weighted by molar-refractivity contribution is -0.385. The van der Waals surface area contributed by atoms with E-state index in [1.807, 2.05) is 25.1 Å². The molecule has 0 saturated carbocycles. The number of likely N-dealkylation sites (N-methyl/N-ethyl adjacent to an activating group) is 1. The van der Waals surface area contributed by atoms with E-state index < -0.39 is 0 Å². The average Bonchev–Trinajstić information content (AvgIpc) is 2.26. The fourth-order valence-corrected chi connectivity index (χ4v) is 1.35. The number of hydrogen-bond acceptors (Lipinski definition) is 3. The lowest BCUT2D eigenvalue weighted by Gasteiger charge is -1.99. The highest BCUT2D eigenvalue weighted by Crippen LogP contribution is 2.19. The van der Waals surface area contributed by atoms with E-state index in [9.17, 15) is 10.1 Å². The van der Waals surface area contributed by atoms with Gasteiger partial charge in [0.1, 0.15) is 0 Å². The predicted octanol–water partition coefficient (Wildman–Crippen LogP) is 2.53. The van der Waals surface area contributed by atoms with Gasteiger partial charge in [-0.25, -0.2) is 0 Å². The summed E-state index contributed by atoms with van der Waals surface area (Å²) in [5, 5.41) is 13.9. The highest BCUT2D eigenvalue weighted by atomic mass is 16.6. The van der Waals surface area contributed by atoms with E-state index in [4.69, 9.17) is 0 Å². The van der Waals surface area contributed by atoms with Gasteiger partial charge in [-0.2, -0.15) is 0 Å². The highest BCUT2D eigenvalue weighted by Gasteiger charge is 2.09. The predicted molar refractivity (Wildman–Crippen MR) is 65.4 cm³/mol. The van der Waals surface area contributed by atoms with Crippen molar-refractivity contribution in [1.29, 1.82) is 0 Å². The minimum Gasteiger partial charge on any atom is -0.314 e. The molecule has 0 atom stereocenters. The first kappa shape index (κ1) is 12.4. The number of benzene rings is 1. The fraction of sp³-hybridized carbons (Fsp3) is 0.333. The summed E-state index contributed by atoms with van der Waals surface area (Å²) in [6.45, 7) is 5.46. The summed E-state index contributed by atoms with van der Waals surface area (Å²) in [4.78, 5) is 10.4. The van der Waals surface area contributed by atoms with Crippen LogP contribution >= 0.6 is 0 Å². The Morgan fingerprint density at radius 3 is 2.88 bits per heavy atom. The van der Waals surface area contributed by atoms with Gasteiger partial charge in [-0.15, -0.1) is 0 Å². The largest absolute Gasteiger partial charge is 0.314 e. The molecule has 4 nitrogen and oxygen atoms in total. The summed E-state index contributed by atoms with van der Waals surface area (Å²) in [6.07, 6.45) is 3.84. The van der Waals surface area contributed by atoms with Crippen LogP contribution in [0.25, 0.3) is 6.08 Å². The minimum atomic E-state index is -0.350.